The van der Waals surface area contributed by atoms with E-state index in [1.807, 2.05) is 12.1 Å². The summed E-state index contributed by atoms with van der Waals surface area (Å²) in [6.07, 6.45) is 2.27. The lowest BCUT2D eigenvalue weighted by Gasteiger charge is -1.84. The summed E-state index contributed by atoms with van der Waals surface area (Å²) < 4.78 is 1.28. The van der Waals surface area contributed by atoms with Gasteiger partial charge in [-0.25, -0.2) is 4.98 Å². The fourth-order valence-corrected chi connectivity index (χ4v) is 2.24. The van der Waals surface area contributed by atoms with Crippen molar-refractivity contribution in [3.63, 3.8) is 0 Å². The van der Waals surface area contributed by atoms with Gasteiger partial charge in [-0.3, -0.25) is 0 Å². The monoisotopic (exact) mass is 176 g/mol. The molecule has 1 heterocycles. The van der Waals surface area contributed by atoms with E-state index in [0.717, 1.165) is 11.9 Å². The largest absolute Gasteiger partial charge is 0.241 e. The average Bonchev–Trinajstić information content (AvgIpc) is 2.47. The first kappa shape index (κ1) is 7.74. The molecule has 0 saturated carbocycles. The molecule has 0 saturated heterocycles. The van der Waals surface area contributed by atoms with Crippen molar-refractivity contribution >= 4 is 21.6 Å². The Kier molecular flexibility index (Phi) is 2.09. The minimum atomic E-state index is 1.09. The number of rotatable bonds is 2. The molecule has 0 spiro atoms. The second-order valence-electron chi connectivity index (χ2n) is 2.75. The van der Waals surface area contributed by atoms with Gasteiger partial charge in [-0.15, -0.1) is 11.3 Å². The third-order valence-electron chi connectivity index (χ3n) is 1.74. The highest BCUT2D eigenvalue weighted by Crippen LogP contribution is 2.21. The third-order valence-corrected chi connectivity index (χ3v) is 2.84. The maximum Gasteiger partial charge on any atom is 0.0938 e. The molecule has 0 aliphatic carbocycles. The molecule has 61 valence electrons. The van der Waals surface area contributed by atoms with Gasteiger partial charge in [0.15, 0.2) is 0 Å². The Bertz CT molecular complexity index is 345. The van der Waals surface area contributed by atoms with Gasteiger partial charge in [0.1, 0.15) is 0 Å². The van der Waals surface area contributed by atoms with Crippen LogP contribution in [0.3, 0.4) is 0 Å². The Labute approximate surface area is 76.1 Å². The van der Waals surface area contributed by atoms with E-state index in [2.05, 4.69) is 24.0 Å². The Morgan fingerprint density at radius 1 is 1.58 bits per heavy atom. The highest BCUT2D eigenvalue weighted by atomic mass is 32.1. The molecule has 0 aliphatic rings. The minimum Gasteiger partial charge on any atom is -0.241 e. The van der Waals surface area contributed by atoms with Gasteiger partial charge in [0.25, 0.3) is 0 Å². The molecular formula is C10H10NS. The molecule has 0 unspecified atom stereocenters. The molecule has 0 fully saturated rings. The fourth-order valence-electron chi connectivity index (χ4n) is 1.19. The standard InChI is InChI=1S/C10H10NS/c1-2-5-10-11-8-6-3-4-7-9(8)12-10/h4,6-7H,2,5H2,1H3. The van der Waals surface area contributed by atoms with Gasteiger partial charge in [-0.1, -0.05) is 13.0 Å². The molecule has 1 aromatic heterocycles. The van der Waals surface area contributed by atoms with Crippen molar-refractivity contribution in [2.75, 3.05) is 0 Å². The van der Waals surface area contributed by atoms with Crippen LogP contribution < -0.4 is 0 Å². The summed E-state index contributed by atoms with van der Waals surface area (Å²) in [6, 6.07) is 9.00. The lowest BCUT2D eigenvalue weighted by atomic mass is 10.3. The molecule has 1 nitrogen and oxygen atoms in total. The summed E-state index contributed by atoms with van der Waals surface area (Å²) in [6.45, 7) is 2.18. The summed E-state index contributed by atoms with van der Waals surface area (Å²) in [4.78, 5) is 4.49. The first-order valence-electron chi connectivity index (χ1n) is 4.15. The van der Waals surface area contributed by atoms with Gasteiger partial charge >= 0.3 is 0 Å². The van der Waals surface area contributed by atoms with E-state index >= 15 is 0 Å². The SMILES string of the molecule is CCCc1nc2c[c]ccc2s1. The normalized spacial score (nSPS) is 10.8. The second kappa shape index (κ2) is 3.23. The van der Waals surface area contributed by atoms with Gasteiger partial charge in [0, 0.05) is 0 Å². The van der Waals surface area contributed by atoms with Crippen LogP contribution in [0.2, 0.25) is 0 Å². The number of thiazole rings is 1. The van der Waals surface area contributed by atoms with Crippen LogP contribution in [0, 0.1) is 6.07 Å². The van der Waals surface area contributed by atoms with Crippen molar-refractivity contribution in [3.05, 3.63) is 29.3 Å². The average molecular weight is 176 g/mol. The summed E-state index contributed by atoms with van der Waals surface area (Å²) in [7, 11) is 0. The Hall–Kier alpha value is -0.890. The number of fused-ring (bicyclic) bond motifs is 1. The van der Waals surface area contributed by atoms with E-state index in [0.29, 0.717) is 0 Å². The predicted molar refractivity (Wildman–Crippen MR) is 52.5 cm³/mol. The molecule has 0 aliphatic heterocycles. The van der Waals surface area contributed by atoms with Crippen molar-refractivity contribution in [3.8, 4) is 0 Å². The maximum absolute atomic E-state index is 4.49. The van der Waals surface area contributed by atoms with E-state index in [1.165, 1.54) is 16.1 Å². The van der Waals surface area contributed by atoms with Crippen LogP contribution in [0.4, 0.5) is 0 Å². The topological polar surface area (TPSA) is 12.9 Å². The van der Waals surface area contributed by atoms with Crippen LogP contribution >= 0.6 is 11.3 Å². The highest BCUT2D eigenvalue weighted by Gasteiger charge is 2.00. The minimum absolute atomic E-state index is 1.09. The quantitative estimate of drug-likeness (QED) is 0.685. The highest BCUT2D eigenvalue weighted by molar-refractivity contribution is 7.18. The molecule has 1 radical (unpaired) electrons. The molecule has 0 bridgehead atoms. The lowest BCUT2D eigenvalue weighted by molar-refractivity contribution is 0.913. The van der Waals surface area contributed by atoms with Gasteiger partial charge in [-0.2, -0.15) is 0 Å². The molecular weight excluding hydrogens is 166 g/mol. The Morgan fingerprint density at radius 2 is 2.50 bits per heavy atom. The predicted octanol–water partition coefficient (Wildman–Crippen LogP) is 3.05. The van der Waals surface area contributed by atoms with Crippen molar-refractivity contribution in [2.45, 2.75) is 19.8 Å². The fraction of sp³-hybridized carbons (Fsp3) is 0.300. The van der Waals surface area contributed by atoms with Crippen LogP contribution in [0.1, 0.15) is 18.4 Å². The summed E-state index contributed by atoms with van der Waals surface area (Å²) >= 11 is 1.79. The molecule has 2 aromatic rings. The zero-order valence-corrected chi connectivity index (χ0v) is 7.82. The number of hydrogen-bond donors (Lipinski definition) is 0. The van der Waals surface area contributed by atoms with Crippen LogP contribution in [-0.4, -0.2) is 4.98 Å². The van der Waals surface area contributed by atoms with Crippen LogP contribution in [0.5, 0.6) is 0 Å². The van der Waals surface area contributed by atoms with Crippen LogP contribution in [0.25, 0.3) is 10.2 Å². The third kappa shape index (κ3) is 1.34. The van der Waals surface area contributed by atoms with E-state index < -0.39 is 0 Å². The first-order chi connectivity index (χ1) is 5.90. The molecule has 2 heteroatoms. The summed E-state index contributed by atoms with van der Waals surface area (Å²) in [5, 5.41) is 1.24. The van der Waals surface area contributed by atoms with Gasteiger partial charge in [0.05, 0.1) is 15.2 Å². The molecule has 0 N–H and O–H groups in total. The molecule has 2 rings (SSSR count). The van der Waals surface area contributed by atoms with Gasteiger partial charge in [0.2, 0.25) is 0 Å². The van der Waals surface area contributed by atoms with Crippen molar-refractivity contribution in [1.29, 1.82) is 0 Å². The van der Waals surface area contributed by atoms with Gasteiger partial charge < -0.3 is 0 Å². The Balaban J connectivity index is 2.47. The second-order valence-corrected chi connectivity index (χ2v) is 3.87. The van der Waals surface area contributed by atoms with E-state index in [-0.39, 0.29) is 0 Å². The zero-order chi connectivity index (χ0) is 8.39. The summed E-state index contributed by atoms with van der Waals surface area (Å²) in [5.74, 6) is 0. The van der Waals surface area contributed by atoms with Crippen molar-refractivity contribution < 1.29 is 0 Å². The maximum atomic E-state index is 4.49. The summed E-state index contributed by atoms with van der Waals surface area (Å²) in [5.41, 5.74) is 1.09. The number of hydrogen-bond acceptors (Lipinski definition) is 2. The van der Waals surface area contributed by atoms with Crippen LogP contribution in [0.15, 0.2) is 18.2 Å². The van der Waals surface area contributed by atoms with Gasteiger partial charge in [-0.05, 0) is 31.0 Å². The van der Waals surface area contributed by atoms with Crippen molar-refractivity contribution in [2.24, 2.45) is 0 Å². The number of nitrogens with zero attached hydrogens (tertiary/aromatic N) is 1. The molecule has 12 heavy (non-hydrogen) atoms. The number of benzene rings is 1. The van der Waals surface area contributed by atoms with E-state index in [9.17, 15) is 0 Å². The number of aromatic nitrogens is 1. The van der Waals surface area contributed by atoms with E-state index in [4.69, 9.17) is 0 Å². The molecule has 0 amide bonds. The van der Waals surface area contributed by atoms with Crippen molar-refractivity contribution in [1.82, 2.24) is 4.98 Å². The zero-order valence-electron chi connectivity index (χ0n) is 7.00. The lowest BCUT2D eigenvalue weighted by Crippen LogP contribution is -1.78. The number of aryl methyl sites for hydroxylation is 1. The smallest absolute Gasteiger partial charge is 0.0938 e. The Morgan fingerprint density at radius 3 is 3.25 bits per heavy atom. The van der Waals surface area contributed by atoms with Crippen LogP contribution in [-0.2, 0) is 6.42 Å². The van der Waals surface area contributed by atoms with E-state index in [1.54, 1.807) is 11.3 Å². The molecule has 0 atom stereocenters. The first-order valence-corrected chi connectivity index (χ1v) is 4.97. The molecule has 1 aromatic carbocycles.